The van der Waals surface area contributed by atoms with Gasteiger partial charge in [0.15, 0.2) is 5.13 Å². The Labute approximate surface area is 97.9 Å². The van der Waals surface area contributed by atoms with Crippen LogP contribution in [0.25, 0.3) is 0 Å². The number of aromatic nitrogens is 2. The van der Waals surface area contributed by atoms with Crippen LogP contribution < -0.4 is 5.32 Å². The lowest BCUT2D eigenvalue weighted by Crippen LogP contribution is -2.15. The normalized spacial score (nSPS) is 10.4. The van der Waals surface area contributed by atoms with Crippen LogP contribution in [0, 0.1) is 13.8 Å². The summed E-state index contributed by atoms with van der Waals surface area (Å²) in [6, 6.07) is 3.62. The van der Waals surface area contributed by atoms with Gasteiger partial charge in [0.05, 0.1) is 5.69 Å². The van der Waals surface area contributed by atoms with Crippen molar-refractivity contribution in [3.8, 4) is 0 Å². The highest BCUT2D eigenvalue weighted by atomic mass is 32.1. The van der Waals surface area contributed by atoms with Gasteiger partial charge in [-0.15, -0.1) is 11.3 Å². The van der Waals surface area contributed by atoms with E-state index >= 15 is 0 Å². The van der Waals surface area contributed by atoms with Crippen LogP contribution in [-0.4, -0.2) is 15.5 Å². The maximum absolute atomic E-state index is 11.9. The van der Waals surface area contributed by atoms with Crippen molar-refractivity contribution in [1.29, 1.82) is 0 Å². The highest BCUT2D eigenvalue weighted by Gasteiger charge is 2.11. The van der Waals surface area contributed by atoms with Crippen LogP contribution in [0.3, 0.4) is 0 Å². The number of nitrogens with one attached hydrogen (secondary N) is 1. The van der Waals surface area contributed by atoms with Gasteiger partial charge in [-0.25, -0.2) is 4.98 Å². The number of carbonyl (C=O) groups excluding carboxylic acids is 1. The number of thiazole rings is 1. The Morgan fingerprint density at radius 2 is 2.25 bits per heavy atom. The zero-order chi connectivity index (χ0) is 11.7. The molecule has 0 saturated heterocycles. The molecule has 1 N–H and O–H groups in total. The zero-order valence-electron chi connectivity index (χ0n) is 9.44. The van der Waals surface area contributed by atoms with Crippen LogP contribution in [0.15, 0.2) is 18.3 Å². The molecular weight excluding hydrogens is 222 g/mol. The Kier molecular flexibility index (Phi) is 2.78. The maximum atomic E-state index is 11.9. The Morgan fingerprint density at radius 3 is 2.75 bits per heavy atom. The molecule has 0 saturated carbocycles. The molecule has 16 heavy (non-hydrogen) atoms. The summed E-state index contributed by atoms with van der Waals surface area (Å²) in [4.78, 5) is 17.2. The number of carbonyl (C=O) groups is 1. The molecule has 0 aliphatic carbocycles. The standard InChI is InChI=1S/C11H13N3OS/c1-7-8(2)16-11(12-7)13-10(15)9-5-4-6-14(9)3/h4-6H,1-3H3,(H,12,13,15). The molecule has 0 atom stereocenters. The second-order valence-corrected chi connectivity index (χ2v) is 4.82. The minimum atomic E-state index is -0.124. The summed E-state index contributed by atoms with van der Waals surface area (Å²) in [6.45, 7) is 3.93. The Balaban J connectivity index is 2.17. The summed E-state index contributed by atoms with van der Waals surface area (Å²) < 4.78 is 1.78. The van der Waals surface area contributed by atoms with E-state index in [1.54, 1.807) is 10.6 Å². The van der Waals surface area contributed by atoms with Crippen LogP contribution in [0.5, 0.6) is 0 Å². The van der Waals surface area contributed by atoms with Crippen LogP contribution in [-0.2, 0) is 7.05 Å². The molecule has 5 heteroatoms. The largest absolute Gasteiger partial charge is 0.347 e. The third-order valence-electron chi connectivity index (χ3n) is 2.43. The fraction of sp³-hybridized carbons (Fsp3) is 0.273. The van der Waals surface area contributed by atoms with Crippen molar-refractivity contribution >= 4 is 22.4 Å². The van der Waals surface area contributed by atoms with Crippen LogP contribution in [0.4, 0.5) is 5.13 Å². The molecule has 84 valence electrons. The summed E-state index contributed by atoms with van der Waals surface area (Å²) in [5, 5.41) is 3.45. The van der Waals surface area contributed by atoms with E-state index in [1.165, 1.54) is 11.3 Å². The van der Waals surface area contributed by atoms with Crippen molar-refractivity contribution in [2.24, 2.45) is 7.05 Å². The van der Waals surface area contributed by atoms with Gasteiger partial charge in [0.1, 0.15) is 5.69 Å². The van der Waals surface area contributed by atoms with E-state index in [2.05, 4.69) is 10.3 Å². The first-order chi connectivity index (χ1) is 7.58. The monoisotopic (exact) mass is 235 g/mol. The van der Waals surface area contributed by atoms with Gasteiger partial charge in [0.25, 0.3) is 5.91 Å². The molecule has 0 fully saturated rings. The molecule has 2 aromatic rings. The molecule has 0 spiro atoms. The summed E-state index contributed by atoms with van der Waals surface area (Å²) >= 11 is 1.49. The molecule has 0 aliphatic rings. The molecule has 0 aliphatic heterocycles. The van der Waals surface area contributed by atoms with E-state index < -0.39 is 0 Å². The number of anilines is 1. The summed E-state index contributed by atoms with van der Waals surface area (Å²) in [5.41, 5.74) is 1.60. The highest BCUT2D eigenvalue weighted by molar-refractivity contribution is 7.15. The average molecular weight is 235 g/mol. The Bertz CT molecular complexity index is 508. The molecule has 2 heterocycles. The van der Waals surface area contributed by atoms with Crippen molar-refractivity contribution < 1.29 is 4.79 Å². The van der Waals surface area contributed by atoms with Gasteiger partial charge in [-0.3, -0.25) is 10.1 Å². The number of hydrogen-bond donors (Lipinski definition) is 1. The van der Waals surface area contributed by atoms with E-state index in [0.717, 1.165) is 10.6 Å². The fourth-order valence-electron chi connectivity index (χ4n) is 1.38. The minimum absolute atomic E-state index is 0.124. The summed E-state index contributed by atoms with van der Waals surface area (Å²) in [5.74, 6) is -0.124. The first-order valence-electron chi connectivity index (χ1n) is 4.94. The smallest absolute Gasteiger partial charge is 0.274 e. The predicted octanol–water partition coefficient (Wildman–Crippen LogP) is 2.35. The molecular formula is C11H13N3OS. The molecule has 0 unspecified atom stereocenters. The van der Waals surface area contributed by atoms with Crippen LogP contribution in [0.2, 0.25) is 0 Å². The highest BCUT2D eigenvalue weighted by Crippen LogP contribution is 2.21. The molecule has 2 rings (SSSR count). The molecule has 2 aromatic heterocycles. The Hall–Kier alpha value is -1.62. The van der Waals surface area contributed by atoms with Crippen molar-refractivity contribution in [1.82, 2.24) is 9.55 Å². The lowest BCUT2D eigenvalue weighted by atomic mass is 10.4. The van der Waals surface area contributed by atoms with Gasteiger partial charge in [-0.05, 0) is 26.0 Å². The third kappa shape index (κ3) is 1.99. The van der Waals surface area contributed by atoms with Crippen molar-refractivity contribution in [3.05, 3.63) is 34.6 Å². The van der Waals surface area contributed by atoms with Gasteiger partial charge in [0.2, 0.25) is 0 Å². The SMILES string of the molecule is Cc1nc(NC(=O)c2cccn2C)sc1C. The Morgan fingerprint density at radius 1 is 1.50 bits per heavy atom. The lowest BCUT2D eigenvalue weighted by Gasteiger charge is -2.02. The topological polar surface area (TPSA) is 46.9 Å². The summed E-state index contributed by atoms with van der Waals surface area (Å²) in [6.07, 6.45) is 1.84. The predicted molar refractivity (Wildman–Crippen MR) is 65.0 cm³/mol. The van der Waals surface area contributed by atoms with Crippen LogP contribution in [0.1, 0.15) is 21.1 Å². The molecule has 1 amide bonds. The minimum Gasteiger partial charge on any atom is -0.347 e. The van der Waals surface area contributed by atoms with E-state index in [9.17, 15) is 4.79 Å². The van der Waals surface area contributed by atoms with E-state index in [0.29, 0.717) is 10.8 Å². The molecule has 4 nitrogen and oxygen atoms in total. The fourth-order valence-corrected chi connectivity index (χ4v) is 2.19. The van der Waals surface area contributed by atoms with Gasteiger partial charge >= 0.3 is 0 Å². The summed E-state index contributed by atoms with van der Waals surface area (Å²) in [7, 11) is 1.84. The second kappa shape index (κ2) is 4.09. The van der Waals surface area contributed by atoms with Gasteiger partial charge in [0, 0.05) is 18.1 Å². The van der Waals surface area contributed by atoms with Gasteiger partial charge < -0.3 is 4.57 Å². The second-order valence-electron chi connectivity index (χ2n) is 3.62. The molecule has 0 bridgehead atoms. The third-order valence-corrected chi connectivity index (χ3v) is 3.41. The molecule has 0 radical (unpaired) electrons. The van der Waals surface area contributed by atoms with E-state index in [4.69, 9.17) is 0 Å². The van der Waals surface area contributed by atoms with Crippen molar-refractivity contribution in [2.75, 3.05) is 5.32 Å². The first kappa shape index (κ1) is 10.9. The number of aryl methyl sites for hydroxylation is 3. The lowest BCUT2D eigenvalue weighted by molar-refractivity contribution is 0.101. The van der Waals surface area contributed by atoms with Crippen LogP contribution >= 0.6 is 11.3 Å². The zero-order valence-corrected chi connectivity index (χ0v) is 10.3. The van der Waals surface area contributed by atoms with Crippen molar-refractivity contribution in [2.45, 2.75) is 13.8 Å². The van der Waals surface area contributed by atoms with Gasteiger partial charge in [-0.2, -0.15) is 0 Å². The molecule has 0 aromatic carbocycles. The van der Waals surface area contributed by atoms with E-state index in [1.807, 2.05) is 33.2 Å². The number of nitrogens with zero attached hydrogens (tertiary/aromatic N) is 2. The quantitative estimate of drug-likeness (QED) is 0.868. The number of hydrogen-bond acceptors (Lipinski definition) is 3. The van der Waals surface area contributed by atoms with Gasteiger partial charge in [-0.1, -0.05) is 0 Å². The first-order valence-corrected chi connectivity index (χ1v) is 5.76. The maximum Gasteiger partial charge on any atom is 0.274 e. The number of rotatable bonds is 2. The van der Waals surface area contributed by atoms with Crippen molar-refractivity contribution in [3.63, 3.8) is 0 Å². The van der Waals surface area contributed by atoms with E-state index in [-0.39, 0.29) is 5.91 Å². The number of amides is 1. The average Bonchev–Trinajstić information content (AvgIpc) is 2.74.